The van der Waals surface area contributed by atoms with Gasteiger partial charge in [0.1, 0.15) is 0 Å². The van der Waals surface area contributed by atoms with Gasteiger partial charge in [-0.25, -0.2) is 14.4 Å². The van der Waals surface area contributed by atoms with Gasteiger partial charge in [-0.1, -0.05) is 38.9 Å². The minimum Gasteiger partial charge on any atom is -0.338 e. The lowest BCUT2D eigenvalue weighted by Gasteiger charge is -2.25. The Morgan fingerprint density at radius 2 is 2.08 bits per heavy atom. The average molecular weight is 351 g/mol. The van der Waals surface area contributed by atoms with E-state index in [0.29, 0.717) is 34.2 Å². The van der Waals surface area contributed by atoms with Gasteiger partial charge in [0, 0.05) is 12.0 Å². The van der Waals surface area contributed by atoms with Crippen LogP contribution < -0.4 is 5.32 Å². The van der Waals surface area contributed by atoms with Crippen LogP contribution in [0.15, 0.2) is 28.8 Å². The number of nitrogens with zero attached hydrogens (tertiary/aromatic N) is 4. The van der Waals surface area contributed by atoms with Gasteiger partial charge in [-0.15, -0.1) is 0 Å². The van der Waals surface area contributed by atoms with E-state index in [-0.39, 0.29) is 17.2 Å². The number of aromatic nitrogens is 3. The van der Waals surface area contributed by atoms with Crippen molar-refractivity contribution in [2.75, 3.05) is 5.32 Å². The highest BCUT2D eigenvalue weighted by Crippen LogP contribution is 2.30. The number of hydrogen-bond acceptors (Lipinski definition) is 4. The van der Waals surface area contributed by atoms with Crippen molar-refractivity contribution in [3.63, 3.8) is 0 Å². The molecule has 0 spiro atoms. The number of benzene rings is 1. The number of anilines is 1. The summed E-state index contributed by atoms with van der Waals surface area (Å²) in [5.74, 6) is 0.437. The largest absolute Gasteiger partial charge is 0.338 e. The van der Waals surface area contributed by atoms with Gasteiger partial charge in [0.05, 0.1) is 23.3 Å². The second-order valence-corrected chi connectivity index (χ2v) is 7.44. The molecule has 0 saturated carbocycles. The van der Waals surface area contributed by atoms with Crippen molar-refractivity contribution in [3.05, 3.63) is 41.4 Å². The molecule has 2 aromatic heterocycles. The van der Waals surface area contributed by atoms with Gasteiger partial charge >= 0.3 is 0 Å². The molecule has 3 rings (SSSR count). The maximum atomic E-state index is 12.7. The Bertz CT molecular complexity index is 1020. The molecule has 0 saturated heterocycles. The monoisotopic (exact) mass is 351 g/mol. The molecule has 0 aliphatic carbocycles. The van der Waals surface area contributed by atoms with Crippen molar-refractivity contribution in [2.24, 2.45) is 11.3 Å². The zero-order valence-electron chi connectivity index (χ0n) is 15.5. The van der Waals surface area contributed by atoms with E-state index >= 15 is 0 Å². The Kier molecular flexibility index (Phi) is 4.28. The Morgan fingerprint density at radius 1 is 1.35 bits per heavy atom. The van der Waals surface area contributed by atoms with Crippen molar-refractivity contribution in [1.29, 1.82) is 0 Å². The molecular formula is C19H21N5O2. The Morgan fingerprint density at radius 3 is 2.65 bits per heavy atom. The van der Waals surface area contributed by atoms with E-state index in [9.17, 15) is 4.79 Å². The maximum absolute atomic E-state index is 12.7. The Hall–Kier alpha value is -3.14. The summed E-state index contributed by atoms with van der Waals surface area (Å²) in [7, 11) is 0. The molecule has 1 N–H and O–H groups in total. The van der Waals surface area contributed by atoms with Gasteiger partial charge < -0.3 is 4.52 Å². The summed E-state index contributed by atoms with van der Waals surface area (Å²) in [6.07, 6.45) is 0. The predicted molar refractivity (Wildman–Crippen MR) is 99.4 cm³/mol. The fourth-order valence-corrected chi connectivity index (χ4v) is 2.51. The van der Waals surface area contributed by atoms with E-state index in [2.05, 4.69) is 20.3 Å². The zero-order chi connectivity index (χ0) is 19.1. The third kappa shape index (κ3) is 3.18. The third-order valence-electron chi connectivity index (χ3n) is 4.53. The predicted octanol–water partition coefficient (Wildman–Crippen LogP) is 4.49. The van der Waals surface area contributed by atoms with E-state index in [1.54, 1.807) is 28.8 Å². The highest BCUT2D eigenvalue weighted by molar-refractivity contribution is 5.94. The molecule has 3 aromatic rings. The van der Waals surface area contributed by atoms with E-state index in [1.165, 1.54) is 0 Å². The third-order valence-corrected chi connectivity index (χ3v) is 4.53. The summed E-state index contributed by atoms with van der Waals surface area (Å²) in [4.78, 5) is 20.7. The van der Waals surface area contributed by atoms with E-state index in [4.69, 9.17) is 11.1 Å². The van der Waals surface area contributed by atoms with Crippen LogP contribution in [0, 0.1) is 24.8 Å². The summed E-state index contributed by atoms with van der Waals surface area (Å²) in [6.45, 7) is 17.0. The standard InChI is InChI=1S/C19H21N5O2/c1-11-9-16(26-23-11)24-15-10-13(20-6)7-8-14(15)21-18(24)22-17(25)12(2)19(3,4)5/h7-10,12H,1-5H3,(H,21,22,25)/t12-/m1/s1. The van der Waals surface area contributed by atoms with Crippen LogP contribution in [0.5, 0.6) is 0 Å². The molecule has 7 nitrogen and oxygen atoms in total. The van der Waals surface area contributed by atoms with E-state index in [1.807, 2.05) is 34.6 Å². The number of amides is 1. The summed E-state index contributed by atoms with van der Waals surface area (Å²) in [5.41, 5.74) is 2.35. The lowest BCUT2D eigenvalue weighted by atomic mass is 9.81. The molecule has 0 fully saturated rings. The van der Waals surface area contributed by atoms with Crippen molar-refractivity contribution in [2.45, 2.75) is 34.6 Å². The van der Waals surface area contributed by atoms with Crippen LogP contribution in [0.25, 0.3) is 21.8 Å². The van der Waals surface area contributed by atoms with Crippen molar-refractivity contribution >= 4 is 28.6 Å². The Balaban J connectivity index is 2.13. The number of rotatable bonds is 3. The second kappa shape index (κ2) is 6.30. The number of fused-ring (bicyclic) bond motifs is 1. The van der Waals surface area contributed by atoms with Crippen LogP contribution in [0.1, 0.15) is 33.4 Å². The molecule has 0 aliphatic rings. The molecule has 0 unspecified atom stereocenters. The molecule has 0 bridgehead atoms. The average Bonchev–Trinajstić information content (AvgIpc) is 3.15. The summed E-state index contributed by atoms with van der Waals surface area (Å²) in [6, 6.07) is 6.93. The van der Waals surface area contributed by atoms with Gasteiger partial charge in [-0.2, -0.15) is 0 Å². The summed E-state index contributed by atoms with van der Waals surface area (Å²) in [5, 5.41) is 6.82. The molecule has 1 aromatic carbocycles. The van der Waals surface area contributed by atoms with Gasteiger partial charge in [0.2, 0.25) is 17.7 Å². The maximum Gasteiger partial charge on any atom is 0.238 e. The Labute approximate surface area is 151 Å². The zero-order valence-corrected chi connectivity index (χ0v) is 15.5. The number of carbonyl (C=O) groups is 1. The molecule has 0 aliphatic heterocycles. The van der Waals surface area contributed by atoms with Gasteiger partial charge in [-0.05, 0) is 24.5 Å². The van der Waals surface area contributed by atoms with Crippen molar-refractivity contribution < 1.29 is 9.32 Å². The van der Waals surface area contributed by atoms with Crippen molar-refractivity contribution in [3.8, 4) is 5.88 Å². The molecular weight excluding hydrogens is 330 g/mol. The van der Waals surface area contributed by atoms with E-state index in [0.717, 1.165) is 0 Å². The molecule has 0 radical (unpaired) electrons. The van der Waals surface area contributed by atoms with Gasteiger partial charge in [0.15, 0.2) is 5.69 Å². The van der Waals surface area contributed by atoms with Crippen LogP contribution >= 0.6 is 0 Å². The number of nitrogens with one attached hydrogen (secondary N) is 1. The molecule has 26 heavy (non-hydrogen) atoms. The number of imidazole rings is 1. The molecule has 1 amide bonds. The first kappa shape index (κ1) is 17.7. The highest BCUT2D eigenvalue weighted by atomic mass is 16.5. The number of carbonyl (C=O) groups excluding carboxylic acids is 1. The SMILES string of the molecule is [C-]#[N+]c1ccc2nc(NC(=O)[C@@H](C)C(C)(C)C)n(-c3cc(C)no3)c2c1. The first-order valence-electron chi connectivity index (χ1n) is 8.35. The molecule has 1 atom stereocenters. The number of aryl methyl sites for hydroxylation is 1. The van der Waals surface area contributed by atoms with E-state index < -0.39 is 0 Å². The molecule has 134 valence electrons. The minimum atomic E-state index is -0.217. The quantitative estimate of drug-likeness (QED) is 0.705. The van der Waals surface area contributed by atoms with Crippen LogP contribution in [0.2, 0.25) is 0 Å². The summed E-state index contributed by atoms with van der Waals surface area (Å²) >= 11 is 0. The van der Waals surface area contributed by atoms with Crippen LogP contribution in [-0.2, 0) is 4.79 Å². The second-order valence-electron chi connectivity index (χ2n) is 7.44. The first-order chi connectivity index (χ1) is 12.2. The molecule has 2 heterocycles. The van der Waals surface area contributed by atoms with Gasteiger partial charge in [0.25, 0.3) is 0 Å². The minimum absolute atomic E-state index is 0.129. The fraction of sp³-hybridized carbons (Fsp3) is 0.368. The van der Waals surface area contributed by atoms with Crippen LogP contribution in [-0.4, -0.2) is 20.6 Å². The lowest BCUT2D eigenvalue weighted by molar-refractivity contribution is -0.122. The normalized spacial score (nSPS) is 12.8. The first-order valence-corrected chi connectivity index (χ1v) is 8.35. The highest BCUT2D eigenvalue weighted by Gasteiger charge is 2.28. The molecule has 7 heteroatoms. The van der Waals surface area contributed by atoms with Crippen LogP contribution in [0.3, 0.4) is 0 Å². The van der Waals surface area contributed by atoms with Crippen molar-refractivity contribution in [1.82, 2.24) is 14.7 Å². The lowest BCUT2D eigenvalue weighted by Crippen LogP contribution is -2.31. The smallest absolute Gasteiger partial charge is 0.238 e. The number of hydrogen-bond donors (Lipinski definition) is 1. The fourth-order valence-electron chi connectivity index (χ4n) is 2.51. The topological polar surface area (TPSA) is 77.3 Å². The van der Waals surface area contributed by atoms with Gasteiger partial charge in [-0.3, -0.25) is 10.1 Å². The summed E-state index contributed by atoms with van der Waals surface area (Å²) < 4.78 is 7.06. The van der Waals surface area contributed by atoms with Crippen LogP contribution in [0.4, 0.5) is 11.6 Å².